The Kier molecular flexibility index (Phi) is 6.09. The van der Waals surface area contributed by atoms with Crippen LogP contribution >= 0.6 is 0 Å². The second-order valence-corrected chi connectivity index (χ2v) is 6.83. The molecule has 0 radical (unpaired) electrons. The Labute approximate surface area is 168 Å². The molecule has 29 heavy (non-hydrogen) atoms. The molecule has 0 aliphatic heterocycles. The summed E-state index contributed by atoms with van der Waals surface area (Å²) in [6, 6.07) is 15.0. The van der Waals surface area contributed by atoms with Crippen LogP contribution in [0.2, 0.25) is 0 Å². The second kappa shape index (κ2) is 8.70. The number of carbonyl (C=O) groups is 1. The van der Waals surface area contributed by atoms with Crippen LogP contribution in [0.1, 0.15) is 21.5 Å². The van der Waals surface area contributed by atoms with Crippen molar-refractivity contribution in [2.45, 2.75) is 13.1 Å². The maximum Gasteiger partial charge on any atom is 0.268 e. The lowest BCUT2D eigenvalue weighted by molar-refractivity contribution is 0.0949. The van der Waals surface area contributed by atoms with E-state index in [1.54, 1.807) is 6.07 Å². The van der Waals surface area contributed by atoms with Crippen molar-refractivity contribution >= 4 is 11.6 Å². The zero-order chi connectivity index (χ0) is 21.0. The van der Waals surface area contributed by atoms with Crippen molar-refractivity contribution in [2.24, 2.45) is 5.73 Å². The molecule has 0 unspecified atom stereocenters. The van der Waals surface area contributed by atoms with Crippen LogP contribution in [-0.2, 0) is 13.1 Å². The fraction of sp³-hybridized carbons (Fsp3) is 0.182. The van der Waals surface area contributed by atoms with E-state index >= 15 is 0 Å². The van der Waals surface area contributed by atoms with E-state index in [-0.39, 0.29) is 24.3 Å². The summed E-state index contributed by atoms with van der Waals surface area (Å²) < 4.78 is 15.4. The van der Waals surface area contributed by atoms with Gasteiger partial charge in [0.15, 0.2) is 0 Å². The quantitative estimate of drug-likeness (QED) is 0.673. The third kappa shape index (κ3) is 4.52. The largest absolute Gasteiger partial charge is 0.378 e. The molecule has 0 saturated carbocycles. The minimum atomic E-state index is -0.596. The average Bonchev–Trinajstić information content (AvgIpc) is 2.73. The van der Waals surface area contributed by atoms with Crippen molar-refractivity contribution in [3.8, 4) is 5.69 Å². The Morgan fingerprint density at radius 2 is 1.79 bits per heavy atom. The topological polar surface area (TPSA) is 80.4 Å². The van der Waals surface area contributed by atoms with Crippen molar-refractivity contribution in [3.63, 3.8) is 0 Å². The Balaban J connectivity index is 1.82. The van der Waals surface area contributed by atoms with Gasteiger partial charge in [0, 0.05) is 39.1 Å². The van der Waals surface area contributed by atoms with Crippen LogP contribution in [0.15, 0.2) is 65.6 Å². The summed E-state index contributed by atoms with van der Waals surface area (Å²) in [6.45, 7) is 0.493. The minimum absolute atomic E-state index is 0.0602. The molecule has 7 heteroatoms. The average molecular weight is 394 g/mol. The van der Waals surface area contributed by atoms with Gasteiger partial charge in [-0.05, 0) is 47.5 Å². The predicted molar refractivity (Wildman–Crippen MR) is 112 cm³/mol. The fourth-order valence-electron chi connectivity index (χ4n) is 2.92. The molecule has 3 N–H and O–H groups in total. The summed E-state index contributed by atoms with van der Waals surface area (Å²) in [4.78, 5) is 27.3. The smallest absolute Gasteiger partial charge is 0.268 e. The molecule has 3 aromatic rings. The standard InChI is InChI=1S/C22H23FN4O2/c1-26(2)17-8-5-15(6-9-17)14-25-21(28)18-4-3-11-27(22(18)29)20-12-16(13-24)7-10-19(20)23/h3-12H,13-14,24H2,1-2H3,(H,25,28). The van der Waals surface area contributed by atoms with Gasteiger partial charge in [0.1, 0.15) is 11.4 Å². The van der Waals surface area contributed by atoms with E-state index in [4.69, 9.17) is 5.73 Å². The summed E-state index contributed by atoms with van der Waals surface area (Å²) in [7, 11) is 3.90. The van der Waals surface area contributed by atoms with Crippen LogP contribution in [-0.4, -0.2) is 24.6 Å². The zero-order valence-electron chi connectivity index (χ0n) is 16.4. The van der Waals surface area contributed by atoms with Gasteiger partial charge in [-0.2, -0.15) is 0 Å². The summed E-state index contributed by atoms with van der Waals surface area (Å²) in [5, 5.41) is 2.74. The van der Waals surface area contributed by atoms with Crippen molar-refractivity contribution < 1.29 is 9.18 Å². The third-order valence-corrected chi connectivity index (χ3v) is 4.60. The van der Waals surface area contributed by atoms with E-state index in [0.717, 1.165) is 15.8 Å². The van der Waals surface area contributed by atoms with Gasteiger partial charge in [-0.25, -0.2) is 4.39 Å². The van der Waals surface area contributed by atoms with E-state index in [1.165, 1.54) is 30.5 Å². The number of halogens is 1. The number of amides is 1. The first-order valence-electron chi connectivity index (χ1n) is 9.15. The highest BCUT2D eigenvalue weighted by Crippen LogP contribution is 2.15. The van der Waals surface area contributed by atoms with Gasteiger partial charge in [-0.3, -0.25) is 14.2 Å². The number of hydrogen-bond acceptors (Lipinski definition) is 4. The van der Waals surface area contributed by atoms with Crippen LogP contribution in [0.3, 0.4) is 0 Å². The molecule has 0 saturated heterocycles. The van der Waals surface area contributed by atoms with Crippen LogP contribution < -0.4 is 21.5 Å². The van der Waals surface area contributed by atoms with E-state index in [1.807, 2.05) is 43.3 Å². The van der Waals surface area contributed by atoms with Gasteiger partial charge >= 0.3 is 0 Å². The first-order valence-corrected chi connectivity index (χ1v) is 9.15. The van der Waals surface area contributed by atoms with Crippen LogP contribution in [0.5, 0.6) is 0 Å². The van der Waals surface area contributed by atoms with Crippen LogP contribution in [0.4, 0.5) is 10.1 Å². The molecule has 0 fully saturated rings. The van der Waals surface area contributed by atoms with Gasteiger partial charge in [-0.15, -0.1) is 0 Å². The molecule has 150 valence electrons. The number of aromatic nitrogens is 1. The molecule has 1 heterocycles. The first-order chi connectivity index (χ1) is 13.9. The maximum absolute atomic E-state index is 14.3. The van der Waals surface area contributed by atoms with Crippen LogP contribution in [0.25, 0.3) is 5.69 Å². The molecule has 0 aliphatic rings. The number of nitrogens with zero attached hydrogens (tertiary/aromatic N) is 2. The highest BCUT2D eigenvalue weighted by molar-refractivity contribution is 5.93. The number of rotatable bonds is 6. The van der Waals surface area contributed by atoms with Gasteiger partial charge in [-0.1, -0.05) is 18.2 Å². The van der Waals surface area contributed by atoms with Crippen molar-refractivity contribution in [1.29, 1.82) is 0 Å². The Hall–Kier alpha value is -3.45. The number of nitrogens with two attached hydrogens (primary N) is 1. The number of pyridine rings is 1. The van der Waals surface area contributed by atoms with E-state index < -0.39 is 17.3 Å². The van der Waals surface area contributed by atoms with E-state index in [0.29, 0.717) is 5.56 Å². The molecular weight excluding hydrogens is 371 g/mol. The van der Waals surface area contributed by atoms with Crippen LogP contribution in [0, 0.1) is 5.82 Å². The van der Waals surface area contributed by atoms with Gasteiger partial charge in [0.25, 0.3) is 11.5 Å². The molecule has 0 aliphatic carbocycles. The zero-order valence-corrected chi connectivity index (χ0v) is 16.4. The molecule has 6 nitrogen and oxygen atoms in total. The third-order valence-electron chi connectivity index (χ3n) is 4.60. The normalized spacial score (nSPS) is 10.6. The van der Waals surface area contributed by atoms with Crippen molar-refractivity contribution in [3.05, 3.63) is 93.7 Å². The number of hydrogen-bond donors (Lipinski definition) is 2. The molecule has 0 atom stereocenters. The maximum atomic E-state index is 14.3. The summed E-state index contributed by atoms with van der Waals surface area (Å²) in [5.41, 5.74) is 7.65. The number of carbonyl (C=O) groups excluding carboxylic acids is 1. The molecular formula is C22H23FN4O2. The fourth-order valence-corrected chi connectivity index (χ4v) is 2.92. The molecule has 1 amide bonds. The first kappa shape index (κ1) is 20.3. The summed E-state index contributed by atoms with van der Waals surface area (Å²) in [6.07, 6.45) is 1.43. The number of anilines is 1. The minimum Gasteiger partial charge on any atom is -0.378 e. The lowest BCUT2D eigenvalue weighted by atomic mass is 10.1. The highest BCUT2D eigenvalue weighted by Gasteiger charge is 2.15. The highest BCUT2D eigenvalue weighted by atomic mass is 19.1. The van der Waals surface area contributed by atoms with Gasteiger partial charge in [0.2, 0.25) is 0 Å². The van der Waals surface area contributed by atoms with Crippen molar-refractivity contribution in [1.82, 2.24) is 9.88 Å². The molecule has 3 rings (SSSR count). The van der Waals surface area contributed by atoms with E-state index in [9.17, 15) is 14.0 Å². The predicted octanol–water partition coefficient (Wildman–Crippen LogP) is 2.43. The lowest BCUT2D eigenvalue weighted by Crippen LogP contribution is -2.32. The van der Waals surface area contributed by atoms with E-state index in [2.05, 4.69) is 5.32 Å². The SMILES string of the molecule is CN(C)c1ccc(CNC(=O)c2cccn(-c3cc(CN)ccc3F)c2=O)cc1. The molecule has 0 spiro atoms. The Bertz CT molecular complexity index is 1070. The molecule has 2 aromatic carbocycles. The van der Waals surface area contributed by atoms with Gasteiger partial charge in [0.05, 0.1) is 5.69 Å². The number of nitrogens with one attached hydrogen (secondary N) is 1. The second-order valence-electron chi connectivity index (χ2n) is 6.83. The molecule has 1 aromatic heterocycles. The number of benzene rings is 2. The molecule has 0 bridgehead atoms. The Morgan fingerprint density at radius 3 is 2.45 bits per heavy atom. The summed E-state index contributed by atoms with van der Waals surface area (Å²) in [5.74, 6) is -1.08. The van der Waals surface area contributed by atoms with Crippen molar-refractivity contribution in [2.75, 3.05) is 19.0 Å². The monoisotopic (exact) mass is 394 g/mol. The Morgan fingerprint density at radius 1 is 1.10 bits per heavy atom. The lowest BCUT2D eigenvalue weighted by Gasteiger charge is -2.13. The van der Waals surface area contributed by atoms with Gasteiger partial charge < -0.3 is 16.0 Å². The summed E-state index contributed by atoms with van der Waals surface area (Å²) >= 11 is 0.